The van der Waals surface area contributed by atoms with E-state index in [9.17, 15) is 8.78 Å². The highest BCUT2D eigenvalue weighted by molar-refractivity contribution is 5.66. The van der Waals surface area contributed by atoms with Crippen LogP contribution in [-0.2, 0) is 9.47 Å². The van der Waals surface area contributed by atoms with E-state index in [0.29, 0.717) is 43.4 Å². The van der Waals surface area contributed by atoms with Crippen LogP contribution >= 0.6 is 0 Å². The van der Waals surface area contributed by atoms with Gasteiger partial charge in [-0.15, -0.1) is 0 Å². The molecular formula is C20H25F2N5O3. The van der Waals surface area contributed by atoms with Crippen LogP contribution in [0.2, 0.25) is 0 Å². The third kappa shape index (κ3) is 4.44. The van der Waals surface area contributed by atoms with Gasteiger partial charge in [0.1, 0.15) is 11.6 Å². The van der Waals surface area contributed by atoms with Crippen LogP contribution in [0.5, 0.6) is 5.75 Å². The molecule has 3 atom stereocenters. The van der Waals surface area contributed by atoms with E-state index in [2.05, 4.69) is 21.5 Å². The van der Waals surface area contributed by atoms with Crippen molar-refractivity contribution in [3.05, 3.63) is 24.2 Å². The Bertz CT molecular complexity index is 895. The maximum Gasteiger partial charge on any atom is 0.387 e. The number of hydrogen-bond donors (Lipinski definition) is 1. The summed E-state index contributed by atoms with van der Waals surface area (Å²) < 4.78 is 41.2. The van der Waals surface area contributed by atoms with Crippen LogP contribution in [0.1, 0.15) is 32.0 Å². The van der Waals surface area contributed by atoms with E-state index >= 15 is 0 Å². The lowest BCUT2D eigenvalue weighted by molar-refractivity contribution is -0.0494. The molecular weight excluding hydrogens is 396 g/mol. The number of hydrogen-bond acceptors (Lipinski definition) is 8. The lowest BCUT2D eigenvalue weighted by Gasteiger charge is -2.38. The fourth-order valence-corrected chi connectivity index (χ4v) is 3.68. The third-order valence-electron chi connectivity index (χ3n) is 5.32. The normalized spacial score (nSPS) is 24.4. The summed E-state index contributed by atoms with van der Waals surface area (Å²) in [5.74, 6) is 1.23. The number of ether oxygens (including phenoxy) is 3. The van der Waals surface area contributed by atoms with Gasteiger partial charge in [0, 0.05) is 36.9 Å². The SMILES string of the molecule is C[C@H]1CN(c2cc(-c3cnc(N)c(OC(F)F)c3)nc(C3CCOC3)n2)[C@@H](C)CO1. The van der Waals surface area contributed by atoms with Gasteiger partial charge in [0.2, 0.25) is 0 Å². The monoisotopic (exact) mass is 421 g/mol. The molecule has 2 aromatic rings. The first-order chi connectivity index (χ1) is 14.4. The fraction of sp³-hybridized carbons (Fsp3) is 0.550. The van der Waals surface area contributed by atoms with Crippen molar-refractivity contribution in [1.29, 1.82) is 0 Å². The van der Waals surface area contributed by atoms with Crippen LogP contribution in [0.25, 0.3) is 11.3 Å². The Kier molecular flexibility index (Phi) is 5.96. The minimum Gasteiger partial charge on any atom is -0.431 e. The molecule has 30 heavy (non-hydrogen) atoms. The van der Waals surface area contributed by atoms with Crippen LogP contribution < -0.4 is 15.4 Å². The van der Waals surface area contributed by atoms with E-state index in [4.69, 9.17) is 25.2 Å². The van der Waals surface area contributed by atoms with E-state index in [1.54, 1.807) is 0 Å². The summed E-state index contributed by atoms with van der Waals surface area (Å²) in [4.78, 5) is 15.7. The van der Waals surface area contributed by atoms with Gasteiger partial charge < -0.3 is 24.8 Å². The summed E-state index contributed by atoms with van der Waals surface area (Å²) >= 11 is 0. The van der Waals surface area contributed by atoms with Gasteiger partial charge >= 0.3 is 6.61 Å². The van der Waals surface area contributed by atoms with Gasteiger partial charge in [-0.2, -0.15) is 8.78 Å². The minimum absolute atomic E-state index is 0.0714. The number of alkyl halides is 2. The quantitative estimate of drug-likeness (QED) is 0.788. The van der Waals surface area contributed by atoms with Crippen molar-refractivity contribution in [2.45, 2.75) is 44.9 Å². The van der Waals surface area contributed by atoms with Crippen molar-refractivity contribution >= 4 is 11.6 Å². The van der Waals surface area contributed by atoms with Crippen LogP contribution in [-0.4, -0.2) is 60.1 Å². The number of pyridine rings is 1. The molecule has 162 valence electrons. The summed E-state index contributed by atoms with van der Waals surface area (Å²) in [6.07, 6.45) is 2.40. The van der Waals surface area contributed by atoms with Crippen molar-refractivity contribution < 1.29 is 23.0 Å². The summed E-state index contributed by atoms with van der Waals surface area (Å²) in [5, 5.41) is 0. The van der Waals surface area contributed by atoms with Gasteiger partial charge in [-0.05, 0) is 26.3 Å². The smallest absolute Gasteiger partial charge is 0.387 e. The largest absolute Gasteiger partial charge is 0.431 e. The molecule has 2 saturated heterocycles. The molecule has 4 rings (SSSR count). The summed E-state index contributed by atoms with van der Waals surface area (Å²) in [7, 11) is 0. The second-order valence-corrected chi connectivity index (χ2v) is 7.66. The molecule has 0 radical (unpaired) electrons. The van der Waals surface area contributed by atoms with Crippen molar-refractivity contribution in [2.24, 2.45) is 0 Å². The zero-order chi connectivity index (χ0) is 21.3. The minimum atomic E-state index is -2.99. The lowest BCUT2D eigenvalue weighted by atomic mass is 10.1. The number of aromatic nitrogens is 3. The number of rotatable bonds is 5. The third-order valence-corrected chi connectivity index (χ3v) is 5.32. The lowest BCUT2D eigenvalue weighted by Crippen LogP contribution is -2.48. The van der Waals surface area contributed by atoms with Crippen molar-refractivity contribution in [3.8, 4) is 17.0 Å². The van der Waals surface area contributed by atoms with Gasteiger partial charge in [-0.1, -0.05) is 0 Å². The maximum atomic E-state index is 12.7. The number of nitrogen functional groups attached to an aromatic ring is 1. The number of nitrogens with two attached hydrogens (primary N) is 1. The van der Waals surface area contributed by atoms with Gasteiger partial charge in [-0.25, -0.2) is 15.0 Å². The molecule has 0 aliphatic carbocycles. The highest BCUT2D eigenvalue weighted by Gasteiger charge is 2.28. The van der Waals surface area contributed by atoms with Gasteiger partial charge in [0.25, 0.3) is 0 Å². The van der Waals surface area contributed by atoms with E-state index in [1.807, 2.05) is 13.0 Å². The van der Waals surface area contributed by atoms with E-state index in [1.165, 1.54) is 12.3 Å². The molecule has 0 saturated carbocycles. The first kappa shape index (κ1) is 20.7. The van der Waals surface area contributed by atoms with E-state index in [0.717, 1.165) is 12.2 Å². The van der Waals surface area contributed by atoms with Crippen LogP contribution in [0.15, 0.2) is 18.3 Å². The molecule has 0 aromatic carbocycles. The maximum absolute atomic E-state index is 12.7. The predicted octanol–water partition coefficient (Wildman–Crippen LogP) is 2.84. The molecule has 0 bridgehead atoms. The zero-order valence-electron chi connectivity index (χ0n) is 16.9. The second kappa shape index (κ2) is 8.65. The standard InChI is InChI=1S/C20H25F2N5O3/c1-11-9-29-12(2)8-27(11)17-6-15(25-19(26-17)13-3-4-28-10-13)14-5-16(30-20(21)22)18(23)24-7-14/h5-7,11-13,20H,3-4,8-10H2,1-2H3,(H2,23,24)/t11-,12-,13?/m0/s1. The molecule has 2 aliphatic rings. The molecule has 2 aliphatic heterocycles. The highest BCUT2D eigenvalue weighted by Crippen LogP contribution is 2.32. The van der Waals surface area contributed by atoms with Crippen LogP contribution in [0, 0.1) is 0 Å². The van der Waals surface area contributed by atoms with Crippen molar-refractivity contribution in [2.75, 3.05) is 37.0 Å². The van der Waals surface area contributed by atoms with E-state index < -0.39 is 6.61 Å². The summed E-state index contributed by atoms with van der Waals surface area (Å²) in [6.45, 7) is 3.60. The highest BCUT2D eigenvalue weighted by atomic mass is 19.3. The Hall–Kier alpha value is -2.59. The molecule has 8 nitrogen and oxygen atoms in total. The second-order valence-electron chi connectivity index (χ2n) is 7.66. The Balaban J connectivity index is 1.76. The van der Waals surface area contributed by atoms with Gasteiger partial charge in [0.05, 0.1) is 31.1 Å². The molecule has 2 fully saturated rings. The molecule has 2 N–H and O–H groups in total. The molecule has 0 amide bonds. The molecule has 1 unspecified atom stereocenters. The Morgan fingerprint density at radius 1 is 1.23 bits per heavy atom. The van der Waals surface area contributed by atoms with Crippen molar-refractivity contribution in [1.82, 2.24) is 15.0 Å². The first-order valence-corrected chi connectivity index (χ1v) is 9.96. The number of anilines is 2. The van der Waals surface area contributed by atoms with Gasteiger partial charge in [0.15, 0.2) is 11.6 Å². The summed E-state index contributed by atoms with van der Waals surface area (Å²) in [6, 6.07) is 3.41. The zero-order valence-corrected chi connectivity index (χ0v) is 16.9. The number of nitrogens with zero attached hydrogens (tertiary/aromatic N) is 4. The molecule has 10 heteroatoms. The Labute approximate surface area is 173 Å². The fourth-order valence-electron chi connectivity index (χ4n) is 3.68. The average molecular weight is 421 g/mol. The van der Waals surface area contributed by atoms with Crippen LogP contribution in [0.3, 0.4) is 0 Å². The Morgan fingerprint density at radius 2 is 2.07 bits per heavy atom. The summed E-state index contributed by atoms with van der Waals surface area (Å²) in [5.41, 5.74) is 6.78. The topological polar surface area (TPSA) is 95.6 Å². The molecule has 2 aromatic heterocycles. The molecule has 0 spiro atoms. The number of halogens is 2. The van der Waals surface area contributed by atoms with Gasteiger partial charge in [-0.3, -0.25) is 0 Å². The predicted molar refractivity (Wildman–Crippen MR) is 107 cm³/mol. The van der Waals surface area contributed by atoms with Crippen molar-refractivity contribution in [3.63, 3.8) is 0 Å². The average Bonchev–Trinajstić information content (AvgIpc) is 3.26. The van der Waals surface area contributed by atoms with E-state index in [-0.39, 0.29) is 29.6 Å². The molecule has 4 heterocycles. The Morgan fingerprint density at radius 3 is 2.80 bits per heavy atom. The number of morpholine rings is 1. The first-order valence-electron chi connectivity index (χ1n) is 9.96. The van der Waals surface area contributed by atoms with Crippen LogP contribution in [0.4, 0.5) is 20.4 Å².